The third-order valence-electron chi connectivity index (χ3n) is 4.77. The van der Waals surface area contributed by atoms with E-state index in [4.69, 9.17) is 9.88 Å². The van der Waals surface area contributed by atoms with Gasteiger partial charge in [-0.25, -0.2) is 13.6 Å². The molecule has 0 saturated heterocycles. The van der Waals surface area contributed by atoms with Gasteiger partial charge in [0.25, 0.3) is 0 Å². The van der Waals surface area contributed by atoms with Crippen molar-refractivity contribution in [3.8, 4) is 11.5 Å². The van der Waals surface area contributed by atoms with E-state index in [1.54, 1.807) is 6.07 Å². The first-order chi connectivity index (χ1) is 14.3. The molecular formula is C23H35N3O3S. The Morgan fingerprint density at radius 1 is 0.967 bits per heavy atom. The molecule has 0 unspecified atom stereocenters. The summed E-state index contributed by atoms with van der Waals surface area (Å²) in [4.78, 5) is 4.27. The molecule has 0 aliphatic heterocycles. The van der Waals surface area contributed by atoms with Crippen LogP contribution in [0.3, 0.4) is 0 Å². The Bertz CT molecular complexity index is 891. The lowest BCUT2D eigenvalue weighted by atomic mass is 10.1. The van der Waals surface area contributed by atoms with E-state index in [9.17, 15) is 8.42 Å². The lowest BCUT2D eigenvalue weighted by Gasteiger charge is -2.29. The Labute approximate surface area is 181 Å². The van der Waals surface area contributed by atoms with Crippen molar-refractivity contribution < 1.29 is 13.2 Å². The molecule has 6 nitrogen and oxygen atoms in total. The minimum Gasteiger partial charge on any atom is -0.454 e. The fourth-order valence-electron chi connectivity index (χ4n) is 3.31. The van der Waals surface area contributed by atoms with Crippen molar-refractivity contribution in [2.75, 3.05) is 32.1 Å². The molecule has 2 aromatic rings. The molecule has 166 valence electrons. The highest BCUT2D eigenvalue weighted by Crippen LogP contribution is 2.39. The van der Waals surface area contributed by atoms with Gasteiger partial charge < -0.3 is 14.5 Å². The number of unbranched alkanes of at least 4 members (excludes halogenated alkanes) is 2. The van der Waals surface area contributed by atoms with Crippen molar-refractivity contribution in [1.29, 1.82) is 0 Å². The maximum Gasteiger partial charge on any atom is 0.241 e. The van der Waals surface area contributed by atoms with E-state index in [0.717, 1.165) is 50.0 Å². The SMILES string of the molecule is CCCCN(CCCC)c1cc(CN(C)C)cc(S(N)(=O)=O)c1Oc1ccccc1. The minimum atomic E-state index is -3.98. The number of para-hydroxylation sites is 1. The average molecular weight is 434 g/mol. The number of sulfonamides is 1. The Morgan fingerprint density at radius 3 is 2.07 bits per heavy atom. The molecule has 0 aliphatic rings. The van der Waals surface area contributed by atoms with Crippen molar-refractivity contribution >= 4 is 15.7 Å². The zero-order valence-electron chi connectivity index (χ0n) is 18.6. The predicted molar refractivity (Wildman–Crippen MR) is 124 cm³/mol. The van der Waals surface area contributed by atoms with E-state index in [0.29, 0.717) is 18.0 Å². The second-order valence-electron chi connectivity index (χ2n) is 7.83. The van der Waals surface area contributed by atoms with E-state index < -0.39 is 10.0 Å². The summed E-state index contributed by atoms with van der Waals surface area (Å²) in [6, 6.07) is 12.9. The van der Waals surface area contributed by atoms with E-state index >= 15 is 0 Å². The number of hydrogen-bond acceptors (Lipinski definition) is 5. The Hall–Kier alpha value is -2.09. The summed E-state index contributed by atoms with van der Waals surface area (Å²) in [7, 11) is -0.0691. The predicted octanol–water partition coefficient (Wildman–Crippen LogP) is 4.59. The number of benzene rings is 2. The number of hydrogen-bond donors (Lipinski definition) is 1. The summed E-state index contributed by atoms with van der Waals surface area (Å²) in [6.07, 6.45) is 4.13. The summed E-state index contributed by atoms with van der Waals surface area (Å²) in [6.45, 7) is 6.57. The van der Waals surface area contributed by atoms with Crippen LogP contribution in [0.4, 0.5) is 5.69 Å². The Morgan fingerprint density at radius 2 is 1.57 bits per heavy atom. The van der Waals surface area contributed by atoms with Gasteiger partial charge in [-0.05, 0) is 56.8 Å². The number of anilines is 1. The van der Waals surface area contributed by atoms with Crippen molar-refractivity contribution in [3.63, 3.8) is 0 Å². The first-order valence-corrected chi connectivity index (χ1v) is 12.1. The maximum atomic E-state index is 12.6. The molecule has 0 bridgehead atoms. The summed E-state index contributed by atoms with van der Waals surface area (Å²) < 4.78 is 31.3. The third kappa shape index (κ3) is 7.00. The molecule has 7 heteroatoms. The number of primary sulfonamides is 1. The molecule has 2 rings (SSSR count). The molecule has 0 radical (unpaired) electrons. The molecule has 0 aromatic heterocycles. The zero-order valence-corrected chi connectivity index (χ0v) is 19.4. The monoisotopic (exact) mass is 433 g/mol. The van der Waals surface area contributed by atoms with Crippen LogP contribution in [0.2, 0.25) is 0 Å². The molecule has 30 heavy (non-hydrogen) atoms. The Balaban J connectivity index is 2.68. The van der Waals surface area contributed by atoms with Crippen LogP contribution in [0, 0.1) is 0 Å². The minimum absolute atomic E-state index is 0.0266. The highest BCUT2D eigenvalue weighted by molar-refractivity contribution is 7.89. The fourth-order valence-corrected chi connectivity index (χ4v) is 4.03. The zero-order chi connectivity index (χ0) is 22.1. The molecule has 0 atom stereocenters. The highest BCUT2D eigenvalue weighted by Gasteiger charge is 2.24. The molecule has 0 aliphatic carbocycles. The number of nitrogens with two attached hydrogens (primary N) is 1. The van der Waals surface area contributed by atoms with Crippen LogP contribution >= 0.6 is 0 Å². The second-order valence-corrected chi connectivity index (χ2v) is 9.36. The quantitative estimate of drug-likeness (QED) is 0.530. The summed E-state index contributed by atoms with van der Waals surface area (Å²) in [5.74, 6) is 0.883. The standard InChI is InChI=1S/C23H35N3O3S/c1-5-7-14-26(15-8-6-2)21-16-19(18-25(3)4)17-22(30(24,27)28)23(21)29-20-12-10-9-11-13-20/h9-13,16-17H,5-8,14-15,18H2,1-4H3,(H2,24,27,28). The van der Waals surface area contributed by atoms with Gasteiger partial charge >= 0.3 is 0 Å². The maximum absolute atomic E-state index is 12.6. The largest absolute Gasteiger partial charge is 0.454 e. The van der Waals surface area contributed by atoms with Crippen LogP contribution in [0.5, 0.6) is 11.5 Å². The van der Waals surface area contributed by atoms with Crippen molar-refractivity contribution in [1.82, 2.24) is 4.90 Å². The number of ether oxygens (including phenoxy) is 1. The van der Waals surface area contributed by atoms with E-state index in [2.05, 4.69) is 18.7 Å². The van der Waals surface area contributed by atoms with Gasteiger partial charge in [-0.1, -0.05) is 44.9 Å². The first-order valence-electron chi connectivity index (χ1n) is 10.6. The van der Waals surface area contributed by atoms with Crippen molar-refractivity contribution in [2.45, 2.75) is 51.0 Å². The lowest BCUT2D eigenvalue weighted by Crippen LogP contribution is -2.27. The Kier molecular flexibility index (Phi) is 9.14. The molecule has 2 aromatic carbocycles. The van der Waals surface area contributed by atoms with E-state index in [1.807, 2.05) is 55.4 Å². The molecule has 2 N–H and O–H groups in total. The third-order valence-corrected chi connectivity index (χ3v) is 5.68. The van der Waals surface area contributed by atoms with Gasteiger partial charge in [0.15, 0.2) is 5.75 Å². The summed E-state index contributed by atoms with van der Waals surface area (Å²) in [5.41, 5.74) is 1.67. The highest BCUT2D eigenvalue weighted by atomic mass is 32.2. The van der Waals surface area contributed by atoms with Crippen molar-refractivity contribution in [2.24, 2.45) is 5.14 Å². The molecular weight excluding hydrogens is 398 g/mol. The summed E-state index contributed by atoms with van der Waals surface area (Å²) >= 11 is 0. The molecule has 0 spiro atoms. The molecule has 0 amide bonds. The van der Waals surface area contributed by atoms with Gasteiger partial charge in [0, 0.05) is 19.6 Å². The smallest absolute Gasteiger partial charge is 0.241 e. The molecule has 0 heterocycles. The lowest BCUT2D eigenvalue weighted by molar-refractivity contribution is 0.401. The fraction of sp³-hybridized carbons (Fsp3) is 0.478. The van der Waals surface area contributed by atoms with E-state index in [1.165, 1.54) is 0 Å². The van der Waals surface area contributed by atoms with Gasteiger partial charge in [0.05, 0.1) is 5.69 Å². The number of nitrogens with zero attached hydrogens (tertiary/aromatic N) is 2. The van der Waals surface area contributed by atoms with Gasteiger partial charge in [-0.3, -0.25) is 0 Å². The van der Waals surface area contributed by atoms with Crippen molar-refractivity contribution in [3.05, 3.63) is 48.0 Å². The van der Waals surface area contributed by atoms with Crippen LogP contribution in [-0.2, 0) is 16.6 Å². The van der Waals surface area contributed by atoms with Gasteiger partial charge in [0.1, 0.15) is 10.6 Å². The molecule has 0 saturated carbocycles. The van der Waals surface area contributed by atoms with Crippen LogP contribution < -0.4 is 14.8 Å². The number of rotatable bonds is 12. The summed E-state index contributed by atoms with van der Waals surface area (Å²) in [5, 5.41) is 5.64. The molecule has 0 fully saturated rings. The van der Waals surface area contributed by atoms with E-state index in [-0.39, 0.29) is 4.90 Å². The topological polar surface area (TPSA) is 75.9 Å². The van der Waals surface area contributed by atoms with Crippen LogP contribution in [0.25, 0.3) is 0 Å². The first kappa shape index (κ1) is 24.2. The van der Waals surface area contributed by atoms with Crippen LogP contribution in [-0.4, -0.2) is 40.5 Å². The average Bonchev–Trinajstić information content (AvgIpc) is 2.69. The van der Waals surface area contributed by atoms with Gasteiger partial charge in [0.2, 0.25) is 10.0 Å². The normalized spacial score (nSPS) is 11.7. The van der Waals surface area contributed by atoms with Crippen LogP contribution in [0.1, 0.15) is 45.1 Å². The van der Waals surface area contributed by atoms with Gasteiger partial charge in [-0.2, -0.15) is 0 Å². The second kappa shape index (κ2) is 11.3. The van der Waals surface area contributed by atoms with Gasteiger partial charge in [-0.15, -0.1) is 0 Å². The van der Waals surface area contributed by atoms with Crippen LogP contribution in [0.15, 0.2) is 47.4 Å².